The van der Waals surface area contributed by atoms with Gasteiger partial charge in [-0.05, 0) is 88.5 Å². The first kappa shape index (κ1) is 23.3. The molecule has 0 amide bonds. The molecule has 2 aromatic heterocycles. The first-order valence-corrected chi connectivity index (χ1v) is 12.8. The maximum Gasteiger partial charge on any atom is 0.253 e. The Labute approximate surface area is 215 Å². The molecule has 186 valence electrons. The summed E-state index contributed by atoms with van der Waals surface area (Å²) in [6.45, 7) is 6.35. The minimum atomic E-state index is -0.367. The number of H-pyrrole nitrogens is 1. The molecular formula is C30H30N6O. The van der Waals surface area contributed by atoms with E-state index in [-0.39, 0.29) is 11.6 Å². The highest BCUT2D eigenvalue weighted by Crippen LogP contribution is 2.32. The fourth-order valence-electron chi connectivity index (χ4n) is 5.38. The predicted octanol–water partition coefficient (Wildman–Crippen LogP) is 4.52. The van der Waals surface area contributed by atoms with E-state index >= 15 is 0 Å². The lowest BCUT2D eigenvalue weighted by Gasteiger charge is -2.34. The van der Waals surface area contributed by atoms with Gasteiger partial charge in [0.2, 0.25) is 0 Å². The highest BCUT2D eigenvalue weighted by molar-refractivity contribution is 5.81. The molecule has 6 rings (SSSR count). The highest BCUT2D eigenvalue weighted by Gasteiger charge is 2.32. The van der Waals surface area contributed by atoms with Gasteiger partial charge in [0, 0.05) is 30.7 Å². The molecular weight excluding hydrogens is 460 g/mol. The van der Waals surface area contributed by atoms with Crippen LogP contribution in [0.1, 0.15) is 45.2 Å². The molecule has 0 spiro atoms. The second-order valence-electron chi connectivity index (χ2n) is 9.97. The summed E-state index contributed by atoms with van der Waals surface area (Å²) in [4.78, 5) is 19.1. The lowest BCUT2D eigenvalue weighted by molar-refractivity contribution is 0.193. The topological polar surface area (TPSA) is 79.7 Å². The molecule has 7 nitrogen and oxygen atoms in total. The number of nitrogens with zero attached hydrogens (tertiary/aromatic N) is 5. The van der Waals surface area contributed by atoms with E-state index in [0.717, 1.165) is 42.4 Å². The summed E-state index contributed by atoms with van der Waals surface area (Å²) in [5.41, 5.74) is 7.64. The Balaban J connectivity index is 1.44. The Morgan fingerprint density at radius 3 is 2.54 bits per heavy atom. The van der Waals surface area contributed by atoms with E-state index in [0.29, 0.717) is 17.9 Å². The molecule has 0 aliphatic carbocycles. The van der Waals surface area contributed by atoms with Crippen LogP contribution in [0.15, 0.2) is 77.6 Å². The Bertz CT molecular complexity index is 1620. The monoisotopic (exact) mass is 490 g/mol. The van der Waals surface area contributed by atoms with E-state index < -0.39 is 0 Å². The van der Waals surface area contributed by atoms with Crippen LogP contribution in [0, 0.1) is 13.8 Å². The molecule has 5 aromatic rings. The summed E-state index contributed by atoms with van der Waals surface area (Å²) in [5.74, 6) is 0.698. The molecule has 7 heteroatoms. The van der Waals surface area contributed by atoms with Gasteiger partial charge in [0.25, 0.3) is 5.56 Å². The quantitative estimate of drug-likeness (QED) is 0.379. The second kappa shape index (κ2) is 9.75. The van der Waals surface area contributed by atoms with Crippen molar-refractivity contribution in [1.82, 2.24) is 30.1 Å². The van der Waals surface area contributed by atoms with E-state index in [1.54, 1.807) is 0 Å². The van der Waals surface area contributed by atoms with Crippen molar-refractivity contribution < 1.29 is 0 Å². The normalized spacial score (nSPS) is 14.5. The maximum atomic E-state index is 13.6. The van der Waals surface area contributed by atoms with Crippen LogP contribution in [0.2, 0.25) is 0 Å². The predicted molar refractivity (Wildman–Crippen MR) is 144 cm³/mol. The molecule has 0 fully saturated rings. The summed E-state index contributed by atoms with van der Waals surface area (Å²) in [7, 11) is 0. The van der Waals surface area contributed by atoms with Gasteiger partial charge in [-0.2, -0.15) is 0 Å². The zero-order chi connectivity index (χ0) is 25.4. The number of rotatable bonds is 6. The van der Waals surface area contributed by atoms with Gasteiger partial charge >= 0.3 is 0 Å². The van der Waals surface area contributed by atoms with Crippen LogP contribution in [0.5, 0.6) is 0 Å². The molecule has 0 bridgehead atoms. The third-order valence-electron chi connectivity index (χ3n) is 7.57. The van der Waals surface area contributed by atoms with Crippen molar-refractivity contribution in [3.63, 3.8) is 0 Å². The third-order valence-corrected chi connectivity index (χ3v) is 7.57. The number of benzene rings is 3. The van der Waals surface area contributed by atoms with Gasteiger partial charge < -0.3 is 4.98 Å². The lowest BCUT2D eigenvalue weighted by Crippen LogP contribution is -2.38. The number of aromatic nitrogens is 5. The molecule has 1 atom stereocenters. The van der Waals surface area contributed by atoms with E-state index in [2.05, 4.69) is 81.7 Å². The van der Waals surface area contributed by atoms with Crippen molar-refractivity contribution in [3.05, 3.63) is 122 Å². The van der Waals surface area contributed by atoms with Gasteiger partial charge in [0.05, 0.1) is 0 Å². The van der Waals surface area contributed by atoms with E-state index in [1.807, 2.05) is 35.0 Å². The van der Waals surface area contributed by atoms with Crippen LogP contribution in [0.4, 0.5) is 0 Å². The summed E-state index contributed by atoms with van der Waals surface area (Å²) < 4.78 is 1.86. The van der Waals surface area contributed by atoms with Gasteiger partial charge in [-0.15, -0.1) is 5.10 Å². The smallest absolute Gasteiger partial charge is 0.253 e. The van der Waals surface area contributed by atoms with E-state index in [9.17, 15) is 4.79 Å². The minimum Gasteiger partial charge on any atom is -0.322 e. The molecule has 37 heavy (non-hydrogen) atoms. The molecule has 3 heterocycles. The van der Waals surface area contributed by atoms with Gasteiger partial charge in [-0.1, -0.05) is 54.6 Å². The summed E-state index contributed by atoms with van der Waals surface area (Å²) in [5, 5.41) is 13.9. The van der Waals surface area contributed by atoms with Crippen LogP contribution in [0.3, 0.4) is 0 Å². The van der Waals surface area contributed by atoms with Crippen molar-refractivity contribution >= 4 is 10.9 Å². The highest BCUT2D eigenvalue weighted by atomic mass is 16.1. The van der Waals surface area contributed by atoms with Crippen molar-refractivity contribution in [1.29, 1.82) is 0 Å². The van der Waals surface area contributed by atoms with Crippen LogP contribution in [-0.2, 0) is 25.9 Å². The first-order valence-electron chi connectivity index (χ1n) is 12.8. The van der Waals surface area contributed by atoms with E-state index in [4.69, 9.17) is 0 Å². The molecule has 1 N–H and O–H groups in total. The molecule has 1 aliphatic heterocycles. The fourth-order valence-corrected chi connectivity index (χ4v) is 5.38. The zero-order valence-electron chi connectivity index (χ0n) is 21.2. The van der Waals surface area contributed by atoms with Crippen LogP contribution >= 0.6 is 0 Å². The summed E-state index contributed by atoms with van der Waals surface area (Å²) in [6, 6.07) is 24.7. The Morgan fingerprint density at radius 2 is 1.70 bits per heavy atom. The van der Waals surface area contributed by atoms with Gasteiger partial charge in [0.1, 0.15) is 6.04 Å². The molecule has 1 aliphatic rings. The van der Waals surface area contributed by atoms with Crippen LogP contribution < -0.4 is 5.56 Å². The lowest BCUT2D eigenvalue weighted by atomic mass is 9.95. The number of nitrogens with one attached hydrogen (secondary N) is 1. The van der Waals surface area contributed by atoms with Crippen LogP contribution in [0.25, 0.3) is 10.9 Å². The van der Waals surface area contributed by atoms with Crippen LogP contribution in [-0.4, -0.2) is 36.6 Å². The Kier molecular flexibility index (Phi) is 6.14. The van der Waals surface area contributed by atoms with E-state index in [1.165, 1.54) is 22.3 Å². The first-order chi connectivity index (χ1) is 18.1. The van der Waals surface area contributed by atoms with Crippen molar-refractivity contribution in [3.8, 4) is 0 Å². The number of hydrogen-bond acceptors (Lipinski definition) is 5. The average molecular weight is 491 g/mol. The Morgan fingerprint density at radius 1 is 0.946 bits per heavy atom. The van der Waals surface area contributed by atoms with Crippen molar-refractivity contribution in [2.75, 3.05) is 6.54 Å². The van der Waals surface area contributed by atoms with Gasteiger partial charge in [0.15, 0.2) is 5.82 Å². The molecule has 3 aromatic carbocycles. The minimum absolute atomic E-state index is 0.0998. The molecule has 1 unspecified atom stereocenters. The number of aryl methyl sites for hydroxylation is 4. The molecule has 0 saturated heterocycles. The SMILES string of the molecule is Cc1cc2cc(C(c3nnnn3CCc3ccccc3)N3CCc4ccccc4C3)c(=O)[nH]c2cc1C. The number of fused-ring (bicyclic) bond motifs is 2. The third kappa shape index (κ3) is 4.58. The second-order valence-corrected chi connectivity index (χ2v) is 9.97. The van der Waals surface area contributed by atoms with Crippen molar-refractivity contribution in [2.45, 2.75) is 45.8 Å². The fraction of sp³-hybridized carbons (Fsp3) is 0.267. The largest absolute Gasteiger partial charge is 0.322 e. The zero-order valence-corrected chi connectivity index (χ0v) is 21.2. The van der Waals surface area contributed by atoms with Crippen molar-refractivity contribution in [2.24, 2.45) is 0 Å². The summed E-state index contributed by atoms with van der Waals surface area (Å²) in [6.07, 6.45) is 1.73. The number of tetrazole rings is 1. The maximum absolute atomic E-state index is 13.6. The summed E-state index contributed by atoms with van der Waals surface area (Å²) >= 11 is 0. The van der Waals surface area contributed by atoms with Gasteiger partial charge in [-0.25, -0.2) is 4.68 Å². The van der Waals surface area contributed by atoms with Gasteiger partial charge in [-0.3, -0.25) is 9.69 Å². The molecule has 0 radical (unpaired) electrons. The number of pyridine rings is 1. The standard InChI is InChI=1S/C30H30N6O/c1-20-16-25-18-26(30(37)31-27(25)17-21(20)2)28(35-14-13-23-10-6-7-11-24(23)19-35)29-32-33-34-36(29)15-12-22-8-4-3-5-9-22/h3-11,16-18,28H,12-15,19H2,1-2H3,(H,31,37). The number of aromatic amines is 1. The number of hydrogen-bond donors (Lipinski definition) is 1. The Hall–Kier alpha value is -4.10. The average Bonchev–Trinajstić information content (AvgIpc) is 3.38. The molecule has 0 saturated carbocycles.